The van der Waals surface area contributed by atoms with Gasteiger partial charge in [0.05, 0.1) is 17.9 Å². The number of nitrogens with one attached hydrogen (secondary N) is 1. The Morgan fingerprint density at radius 1 is 1.00 bits per heavy atom. The quantitative estimate of drug-likeness (QED) is 0.860. The molecule has 0 aliphatic carbocycles. The molecule has 0 radical (unpaired) electrons. The van der Waals surface area contributed by atoms with Gasteiger partial charge in [0.15, 0.2) is 0 Å². The zero-order chi connectivity index (χ0) is 12.4. The summed E-state index contributed by atoms with van der Waals surface area (Å²) >= 11 is 0. The van der Waals surface area contributed by atoms with Crippen LogP contribution in [0.4, 0.5) is 5.69 Å². The van der Waals surface area contributed by atoms with Crippen LogP contribution in [-0.4, -0.2) is 6.54 Å². The van der Waals surface area contributed by atoms with Crippen molar-refractivity contribution < 1.29 is 0 Å². The van der Waals surface area contributed by atoms with Crippen molar-refractivity contribution in [2.45, 2.75) is 6.92 Å². The molecule has 1 heterocycles. The van der Waals surface area contributed by atoms with Gasteiger partial charge in [0.1, 0.15) is 0 Å². The molecule has 0 saturated heterocycles. The second-order valence-corrected chi connectivity index (χ2v) is 4.55. The molecule has 1 aliphatic rings. The van der Waals surface area contributed by atoms with Crippen LogP contribution in [0, 0.1) is 6.92 Å². The molecule has 0 atom stereocenters. The topological polar surface area (TPSA) is 15.3 Å². The van der Waals surface area contributed by atoms with E-state index in [1.165, 1.54) is 22.5 Å². The number of rotatable bonds is 2. The fourth-order valence-electron chi connectivity index (χ4n) is 2.19. The molecule has 0 spiro atoms. The average molecular weight is 236 g/mol. The molecule has 0 unspecified atom stereocenters. The number of hydrazine groups is 1. The molecular formula is C16H16N2. The molecule has 1 N–H and O–H groups in total. The number of hydrogen-bond acceptors (Lipinski definition) is 2. The van der Waals surface area contributed by atoms with Crippen LogP contribution in [0.5, 0.6) is 0 Å². The third-order valence-electron chi connectivity index (χ3n) is 3.13. The van der Waals surface area contributed by atoms with Crippen LogP contribution in [-0.2, 0) is 0 Å². The van der Waals surface area contributed by atoms with Crippen molar-refractivity contribution >= 4 is 11.4 Å². The van der Waals surface area contributed by atoms with Crippen molar-refractivity contribution in [1.82, 2.24) is 5.43 Å². The molecule has 90 valence electrons. The van der Waals surface area contributed by atoms with Gasteiger partial charge in [-0.25, -0.2) is 0 Å². The molecule has 0 aromatic heterocycles. The summed E-state index contributed by atoms with van der Waals surface area (Å²) in [5.41, 5.74) is 8.35. The zero-order valence-electron chi connectivity index (χ0n) is 10.4. The Hall–Kier alpha value is -2.22. The van der Waals surface area contributed by atoms with E-state index < -0.39 is 0 Å². The molecule has 2 nitrogen and oxygen atoms in total. The number of anilines is 1. The highest BCUT2D eigenvalue weighted by Gasteiger charge is 2.14. The number of para-hydroxylation sites is 1. The van der Waals surface area contributed by atoms with Crippen LogP contribution in [0.3, 0.4) is 0 Å². The molecule has 18 heavy (non-hydrogen) atoms. The van der Waals surface area contributed by atoms with E-state index in [-0.39, 0.29) is 0 Å². The largest absolute Gasteiger partial charge is 0.298 e. The van der Waals surface area contributed by atoms with Gasteiger partial charge in [0, 0.05) is 0 Å². The lowest BCUT2D eigenvalue weighted by Gasteiger charge is -2.20. The maximum Gasteiger partial charge on any atom is 0.0598 e. The first kappa shape index (κ1) is 10.9. The maximum atomic E-state index is 3.45. The van der Waals surface area contributed by atoms with Crippen molar-refractivity contribution in [3.05, 3.63) is 71.8 Å². The van der Waals surface area contributed by atoms with Gasteiger partial charge >= 0.3 is 0 Å². The predicted molar refractivity (Wildman–Crippen MR) is 76.1 cm³/mol. The Bertz CT molecular complexity index is 573. The Morgan fingerprint density at radius 2 is 1.83 bits per heavy atom. The fourth-order valence-corrected chi connectivity index (χ4v) is 2.19. The maximum absolute atomic E-state index is 3.45. The Labute approximate surface area is 108 Å². The van der Waals surface area contributed by atoms with Crippen molar-refractivity contribution in [3.8, 4) is 0 Å². The minimum Gasteiger partial charge on any atom is -0.298 e. The highest BCUT2D eigenvalue weighted by atomic mass is 15.5. The summed E-state index contributed by atoms with van der Waals surface area (Å²) in [5.74, 6) is 0. The van der Waals surface area contributed by atoms with E-state index >= 15 is 0 Å². The van der Waals surface area contributed by atoms with Crippen molar-refractivity contribution in [1.29, 1.82) is 0 Å². The standard InChI is InChI=1S/C16H16N2/c1-13-6-5-7-14(12-13)16-10-11-18(17-16)15-8-3-2-4-9-15/h2-10,12,17H,11H2,1H3. The van der Waals surface area contributed by atoms with E-state index in [2.05, 4.69) is 72.0 Å². The fraction of sp³-hybridized carbons (Fsp3) is 0.125. The lowest BCUT2D eigenvalue weighted by atomic mass is 10.1. The zero-order valence-corrected chi connectivity index (χ0v) is 10.4. The van der Waals surface area contributed by atoms with Crippen molar-refractivity contribution in [2.24, 2.45) is 0 Å². The van der Waals surface area contributed by atoms with E-state index in [1.54, 1.807) is 0 Å². The normalized spacial score (nSPS) is 14.3. The predicted octanol–water partition coefficient (Wildman–Crippen LogP) is 3.36. The molecule has 2 aromatic rings. The van der Waals surface area contributed by atoms with Gasteiger partial charge in [-0.1, -0.05) is 42.0 Å². The van der Waals surface area contributed by atoms with E-state index in [0.717, 1.165) is 6.54 Å². The van der Waals surface area contributed by atoms with E-state index in [1.807, 2.05) is 6.07 Å². The molecule has 0 fully saturated rings. The minimum atomic E-state index is 0.896. The number of hydrogen-bond donors (Lipinski definition) is 1. The van der Waals surface area contributed by atoms with E-state index in [0.29, 0.717) is 0 Å². The van der Waals surface area contributed by atoms with Crippen molar-refractivity contribution in [2.75, 3.05) is 11.6 Å². The van der Waals surface area contributed by atoms with Gasteiger partial charge < -0.3 is 0 Å². The Morgan fingerprint density at radius 3 is 2.61 bits per heavy atom. The van der Waals surface area contributed by atoms with Gasteiger partial charge in [-0.2, -0.15) is 0 Å². The molecular weight excluding hydrogens is 220 g/mol. The van der Waals surface area contributed by atoms with Crippen molar-refractivity contribution in [3.63, 3.8) is 0 Å². The van der Waals surface area contributed by atoms with Gasteiger partial charge in [0.25, 0.3) is 0 Å². The average Bonchev–Trinajstić information content (AvgIpc) is 2.89. The SMILES string of the molecule is Cc1cccc(C2=CCN(c3ccccc3)N2)c1. The summed E-state index contributed by atoms with van der Waals surface area (Å²) in [6.07, 6.45) is 2.22. The Kier molecular flexibility index (Phi) is 2.77. The first-order chi connectivity index (χ1) is 8.83. The second-order valence-electron chi connectivity index (χ2n) is 4.55. The van der Waals surface area contributed by atoms with Gasteiger partial charge in [-0.15, -0.1) is 0 Å². The smallest absolute Gasteiger partial charge is 0.0598 e. The monoisotopic (exact) mass is 236 g/mol. The third-order valence-corrected chi connectivity index (χ3v) is 3.13. The number of nitrogens with zero attached hydrogens (tertiary/aromatic N) is 1. The van der Waals surface area contributed by atoms with Crippen LogP contribution in [0.15, 0.2) is 60.7 Å². The second kappa shape index (κ2) is 4.57. The lowest BCUT2D eigenvalue weighted by Crippen LogP contribution is -2.31. The third kappa shape index (κ3) is 2.09. The minimum absolute atomic E-state index is 0.896. The summed E-state index contributed by atoms with van der Waals surface area (Å²) in [6.45, 7) is 3.02. The summed E-state index contributed by atoms with van der Waals surface area (Å²) in [7, 11) is 0. The van der Waals surface area contributed by atoms with Gasteiger partial charge in [-0.3, -0.25) is 10.4 Å². The van der Waals surface area contributed by atoms with Crippen LogP contribution in [0.1, 0.15) is 11.1 Å². The van der Waals surface area contributed by atoms with Crippen LogP contribution in [0.25, 0.3) is 5.70 Å². The lowest BCUT2D eigenvalue weighted by molar-refractivity contribution is 0.852. The molecule has 3 rings (SSSR count). The van der Waals surface area contributed by atoms with E-state index in [4.69, 9.17) is 0 Å². The number of benzene rings is 2. The molecule has 2 heteroatoms. The van der Waals surface area contributed by atoms with Crippen LogP contribution < -0.4 is 10.4 Å². The van der Waals surface area contributed by atoms with Gasteiger partial charge in [0.2, 0.25) is 0 Å². The Balaban J connectivity index is 1.79. The molecule has 0 bridgehead atoms. The van der Waals surface area contributed by atoms with Crippen LogP contribution in [0.2, 0.25) is 0 Å². The van der Waals surface area contributed by atoms with Gasteiger partial charge in [-0.05, 0) is 36.8 Å². The number of aryl methyl sites for hydroxylation is 1. The molecule has 0 amide bonds. The van der Waals surface area contributed by atoms with Crippen LogP contribution >= 0.6 is 0 Å². The van der Waals surface area contributed by atoms with E-state index in [9.17, 15) is 0 Å². The molecule has 0 saturated carbocycles. The first-order valence-corrected chi connectivity index (χ1v) is 6.19. The highest BCUT2D eigenvalue weighted by Crippen LogP contribution is 2.21. The first-order valence-electron chi connectivity index (χ1n) is 6.19. The summed E-state index contributed by atoms with van der Waals surface area (Å²) in [4.78, 5) is 0. The summed E-state index contributed by atoms with van der Waals surface area (Å²) in [5, 5.41) is 2.15. The molecule has 2 aromatic carbocycles. The highest BCUT2D eigenvalue weighted by molar-refractivity contribution is 5.70. The summed E-state index contributed by atoms with van der Waals surface area (Å²) < 4.78 is 0. The molecule has 1 aliphatic heterocycles. The summed E-state index contributed by atoms with van der Waals surface area (Å²) in [6, 6.07) is 18.9.